The maximum Gasteiger partial charge on any atom is 0.192 e. The smallest absolute Gasteiger partial charge is 0.192 e. The summed E-state index contributed by atoms with van der Waals surface area (Å²) in [4.78, 5) is 13.6. The van der Waals surface area contributed by atoms with Gasteiger partial charge in [0.15, 0.2) is 16.7 Å². The Hall–Kier alpha value is -2.11. The summed E-state index contributed by atoms with van der Waals surface area (Å²) < 4.78 is 3.14. The quantitative estimate of drug-likeness (QED) is 0.754. The topological polar surface area (TPSA) is 68.7 Å². The highest BCUT2D eigenvalue weighted by atomic mass is 16.7. The number of fused-ring (bicyclic) bond motifs is 1. The minimum absolute atomic E-state index is 0.203. The number of aromatic nitrogens is 4. The van der Waals surface area contributed by atoms with E-state index in [2.05, 4.69) is 16.5 Å². The molecule has 0 spiro atoms. The molecule has 0 unspecified atom stereocenters. The molecule has 0 radical (unpaired) electrons. The minimum atomic E-state index is 0.203. The van der Waals surface area contributed by atoms with E-state index in [1.807, 2.05) is 11.5 Å². The number of nitrogens with one attached hydrogen (secondary N) is 1. The zero-order valence-electron chi connectivity index (χ0n) is 9.05. The summed E-state index contributed by atoms with van der Waals surface area (Å²) in [5, 5.41) is 7.88. The van der Waals surface area contributed by atoms with E-state index < -0.39 is 0 Å². The standard InChI is InChI=1S/C10H13N5O/c1-3-5-14-6-12-8-9(11)15(16-4-2)7-13-10(8)14/h3,6-7,11H,1,4-5H2,2H3. The molecular formula is C10H13N5O. The number of imidazole rings is 1. The predicted molar refractivity (Wildman–Crippen MR) is 58.7 cm³/mol. The van der Waals surface area contributed by atoms with Gasteiger partial charge in [0.2, 0.25) is 0 Å². The average molecular weight is 219 g/mol. The SMILES string of the molecule is C=CCn1cnc2c(=N)n(OCC)cnc21. The van der Waals surface area contributed by atoms with Gasteiger partial charge in [0.05, 0.1) is 6.33 Å². The summed E-state index contributed by atoms with van der Waals surface area (Å²) >= 11 is 0. The van der Waals surface area contributed by atoms with Gasteiger partial charge in [-0.2, -0.15) is 4.73 Å². The van der Waals surface area contributed by atoms with Crippen LogP contribution in [0.1, 0.15) is 6.92 Å². The number of rotatable bonds is 4. The van der Waals surface area contributed by atoms with E-state index >= 15 is 0 Å². The van der Waals surface area contributed by atoms with E-state index in [1.54, 1.807) is 12.4 Å². The zero-order valence-corrected chi connectivity index (χ0v) is 9.05. The van der Waals surface area contributed by atoms with Crippen LogP contribution in [0.4, 0.5) is 0 Å². The molecule has 0 aliphatic carbocycles. The lowest BCUT2D eigenvalue weighted by Gasteiger charge is -2.06. The van der Waals surface area contributed by atoms with Crippen LogP contribution in [-0.4, -0.2) is 25.9 Å². The second-order valence-electron chi connectivity index (χ2n) is 3.19. The maximum atomic E-state index is 7.88. The van der Waals surface area contributed by atoms with Crippen LogP contribution in [0.25, 0.3) is 11.2 Å². The Morgan fingerprint density at radius 3 is 3.00 bits per heavy atom. The van der Waals surface area contributed by atoms with Gasteiger partial charge < -0.3 is 9.40 Å². The van der Waals surface area contributed by atoms with Crippen LogP contribution < -0.4 is 10.3 Å². The first-order valence-electron chi connectivity index (χ1n) is 4.99. The van der Waals surface area contributed by atoms with E-state index in [1.165, 1.54) is 11.1 Å². The minimum Gasteiger partial charge on any atom is -0.411 e. The Bertz CT molecular complexity index is 568. The summed E-state index contributed by atoms with van der Waals surface area (Å²) in [5.41, 5.74) is 1.40. The van der Waals surface area contributed by atoms with E-state index in [4.69, 9.17) is 10.2 Å². The van der Waals surface area contributed by atoms with Crippen LogP contribution in [0, 0.1) is 5.41 Å². The molecule has 0 aromatic carbocycles. The van der Waals surface area contributed by atoms with Crippen molar-refractivity contribution in [1.29, 1.82) is 5.41 Å². The highest BCUT2D eigenvalue weighted by Gasteiger charge is 2.07. The summed E-state index contributed by atoms with van der Waals surface area (Å²) in [6, 6.07) is 0. The zero-order chi connectivity index (χ0) is 11.5. The molecule has 0 aliphatic rings. The van der Waals surface area contributed by atoms with Crippen molar-refractivity contribution in [2.45, 2.75) is 13.5 Å². The van der Waals surface area contributed by atoms with Crippen LogP contribution in [0.15, 0.2) is 25.3 Å². The molecular weight excluding hydrogens is 206 g/mol. The summed E-state index contributed by atoms with van der Waals surface area (Å²) in [6.07, 6.45) is 4.89. The number of hydrogen-bond donors (Lipinski definition) is 1. The van der Waals surface area contributed by atoms with E-state index in [-0.39, 0.29) is 5.49 Å². The van der Waals surface area contributed by atoms with Gasteiger partial charge in [0.1, 0.15) is 12.9 Å². The molecule has 0 bridgehead atoms. The van der Waals surface area contributed by atoms with Crippen molar-refractivity contribution >= 4 is 11.2 Å². The van der Waals surface area contributed by atoms with Crippen molar-refractivity contribution < 1.29 is 4.84 Å². The molecule has 16 heavy (non-hydrogen) atoms. The van der Waals surface area contributed by atoms with E-state index in [9.17, 15) is 0 Å². The van der Waals surface area contributed by atoms with Gasteiger partial charge in [-0.15, -0.1) is 6.58 Å². The van der Waals surface area contributed by atoms with Gasteiger partial charge in [-0.1, -0.05) is 6.08 Å². The average Bonchev–Trinajstić information content (AvgIpc) is 2.67. The van der Waals surface area contributed by atoms with Crippen LogP contribution in [0.2, 0.25) is 0 Å². The first kappa shape index (κ1) is 10.4. The van der Waals surface area contributed by atoms with Gasteiger partial charge in [0, 0.05) is 6.54 Å². The van der Waals surface area contributed by atoms with Gasteiger partial charge in [-0.25, -0.2) is 9.97 Å². The van der Waals surface area contributed by atoms with Gasteiger partial charge >= 0.3 is 0 Å². The third-order valence-corrected chi connectivity index (χ3v) is 2.13. The largest absolute Gasteiger partial charge is 0.411 e. The highest BCUT2D eigenvalue weighted by molar-refractivity contribution is 5.68. The number of nitrogens with zero attached hydrogens (tertiary/aromatic N) is 4. The van der Waals surface area contributed by atoms with Crippen LogP contribution >= 0.6 is 0 Å². The van der Waals surface area contributed by atoms with Crippen LogP contribution in [-0.2, 0) is 6.54 Å². The lowest BCUT2D eigenvalue weighted by atomic mass is 10.5. The molecule has 1 N–H and O–H groups in total. The molecule has 0 aliphatic heterocycles. The molecule has 0 saturated heterocycles. The fraction of sp³-hybridized carbons (Fsp3) is 0.300. The van der Waals surface area contributed by atoms with Crippen molar-refractivity contribution in [3.05, 3.63) is 30.8 Å². The Morgan fingerprint density at radius 1 is 1.50 bits per heavy atom. The monoisotopic (exact) mass is 219 g/mol. The number of allylic oxidation sites excluding steroid dienone is 1. The molecule has 84 valence electrons. The Kier molecular flexibility index (Phi) is 2.72. The van der Waals surface area contributed by atoms with Crippen molar-refractivity contribution in [3.8, 4) is 0 Å². The van der Waals surface area contributed by atoms with E-state index in [0.717, 1.165) is 0 Å². The third kappa shape index (κ3) is 1.58. The molecule has 0 saturated carbocycles. The fourth-order valence-corrected chi connectivity index (χ4v) is 1.46. The van der Waals surface area contributed by atoms with Crippen molar-refractivity contribution in [3.63, 3.8) is 0 Å². The first-order chi connectivity index (χ1) is 7.77. The van der Waals surface area contributed by atoms with Gasteiger partial charge in [-0.05, 0) is 6.92 Å². The normalized spacial score (nSPS) is 10.6. The molecule has 2 heterocycles. The molecule has 2 rings (SSSR count). The summed E-state index contributed by atoms with van der Waals surface area (Å²) in [7, 11) is 0. The van der Waals surface area contributed by atoms with Crippen molar-refractivity contribution in [2.75, 3.05) is 6.61 Å². The third-order valence-electron chi connectivity index (χ3n) is 2.13. The highest BCUT2D eigenvalue weighted by Crippen LogP contribution is 2.03. The van der Waals surface area contributed by atoms with Gasteiger partial charge in [-0.3, -0.25) is 5.41 Å². The molecule has 2 aromatic heterocycles. The summed E-state index contributed by atoms with van der Waals surface area (Å²) in [5.74, 6) is 0. The Labute approximate surface area is 92.3 Å². The van der Waals surface area contributed by atoms with Crippen LogP contribution in [0.3, 0.4) is 0 Å². The molecule has 0 fully saturated rings. The molecule has 6 nitrogen and oxygen atoms in total. The lowest BCUT2D eigenvalue weighted by Crippen LogP contribution is -2.27. The fourth-order valence-electron chi connectivity index (χ4n) is 1.46. The lowest BCUT2D eigenvalue weighted by molar-refractivity contribution is 0.108. The van der Waals surface area contributed by atoms with Crippen molar-refractivity contribution in [2.24, 2.45) is 0 Å². The second-order valence-corrected chi connectivity index (χ2v) is 3.19. The first-order valence-corrected chi connectivity index (χ1v) is 4.99. The summed E-state index contributed by atoms with van der Waals surface area (Å²) in [6.45, 7) is 6.62. The van der Waals surface area contributed by atoms with Crippen molar-refractivity contribution in [1.82, 2.24) is 19.3 Å². The predicted octanol–water partition coefficient (Wildman–Crippen LogP) is 0.347. The Morgan fingerprint density at radius 2 is 2.31 bits per heavy atom. The van der Waals surface area contributed by atoms with Gasteiger partial charge in [0.25, 0.3) is 0 Å². The van der Waals surface area contributed by atoms with E-state index in [0.29, 0.717) is 24.3 Å². The number of hydrogen-bond acceptors (Lipinski definition) is 4. The molecule has 0 atom stereocenters. The molecule has 0 amide bonds. The maximum absolute atomic E-state index is 7.88. The molecule has 6 heteroatoms. The Balaban J connectivity index is 2.59. The van der Waals surface area contributed by atoms with Crippen LogP contribution in [0.5, 0.6) is 0 Å². The second kappa shape index (κ2) is 4.18. The molecule has 2 aromatic rings.